The number of carbonyl (C=O) groups is 1. The number of ether oxygens (including phenoxy) is 1. The summed E-state index contributed by atoms with van der Waals surface area (Å²) in [5.74, 6) is 0.788. The number of para-hydroxylation sites is 1. The Morgan fingerprint density at radius 3 is 3.00 bits per heavy atom. The van der Waals surface area contributed by atoms with Crippen LogP contribution >= 0.6 is 23.4 Å². The number of fused-ring (bicyclic) bond motifs is 1. The molecule has 2 aromatic carbocycles. The molecule has 0 bridgehead atoms. The molecule has 1 aliphatic rings. The van der Waals surface area contributed by atoms with Gasteiger partial charge in [-0.3, -0.25) is 4.79 Å². The van der Waals surface area contributed by atoms with Crippen LogP contribution in [0.5, 0.6) is 5.75 Å². The van der Waals surface area contributed by atoms with Crippen molar-refractivity contribution in [1.29, 1.82) is 0 Å². The lowest BCUT2D eigenvalue weighted by atomic mass is 10.1. The van der Waals surface area contributed by atoms with Crippen LogP contribution in [0.25, 0.3) is 0 Å². The molecule has 1 atom stereocenters. The van der Waals surface area contributed by atoms with E-state index < -0.39 is 11.9 Å². The number of ketones is 1. The molecule has 2 nitrogen and oxygen atoms in total. The van der Waals surface area contributed by atoms with Crippen LogP contribution in [0.4, 0.5) is 4.39 Å². The summed E-state index contributed by atoms with van der Waals surface area (Å²) in [5.41, 5.74) is 0.495. The molecule has 1 unspecified atom stereocenters. The molecule has 0 aliphatic carbocycles. The highest BCUT2D eigenvalue weighted by molar-refractivity contribution is 7.99. The first kappa shape index (κ1) is 14.4. The smallest absolute Gasteiger partial charge is 0.178 e. The molecule has 0 fully saturated rings. The number of halogens is 2. The summed E-state index contributed by atoms with van der Waals surface area (Å²) in [6.07, 6.45) is -0.450. The summed E-state index contributed by atoms with van der Waals surface area (Å²) in [6.45, 7) is 0. The van der Waals surface area contributed by atoms with E-state index in [0.717, 1.165) is 10.6 Å². The SMILES string of the molecule is O=C(Cc1cc(F)ccc1Cl)C1CSc2ccccc2O1. The maximum Gasteiger partial charge on any atom is 0.178 e. The molecular formula is C16H12ClFO2S. The maximum atomic E-state index is 13.2. The second kappa shape index (κ2) is 6.08. The summed E-state index contributed by atoms with van der Waals surface area (Å²) in [5, 5.41) is 0.397. The van der Waals surface area contributed by atoms with Gasteiger partial charge in [0.15, 0.2) is 11.9 Å². The molecule has 21 heavy (non-hydrogen) atoms. The zero-order valence-corrected chi connectivity index (χ0v) is 12.6. The summed E-state index contributed by atoms with van der Waals surface area (Å²) >= 11 is 7.59. The molecular weight excluding hydrogens is 311 g/mol. The van der Waals surface area contributed by atoms with E-state index in [1.165, 1.54) is 18.2 Å². The fourth-order valence-corrected chi connectivity index (χ4v) is 3.36. The number of rotatable bonds is 3. The molecule has 0 saturated heterocycles. The minimum Gasteiger partial charge on any atom is -0.481 e. The molecule has 1 aliphatic heterocycles. The van der Waals surface area contributed by atoms with Crippen molar-refractivity contribution in [3.8, 4) is 5.75 Å². The van der Waals surface area contributed by atoms with Crippen LogP contribution in [0, 0.1) is 5.82 Å². The monoisotopic (exact) mass is 322 g/mol. The van der Waals surface area contributed by atoms with Crippen LogP contribution in [0.2, 0.25) is 5.02 Å². The lowest BCUT2D eigenvalue weighted by Crippen LogP contribution is -2.33. The minimum absolute atomic E-state index is 0.0734. The van der Waals surface area contributed by atoms with Gasteiger partial charge in [0.25, 0.3) is 0 Å². The zero-order chi connectivity index (χ0) is 14.8. The van der Waals surface area contributed by atoms with Gasteiger partial charge in [-0.25, -0.2) is 4.39 Å². The third kappa shape index (κ3) is 3.22. The number of hydrogen-bond acceptors (Lipinski definition) is 3. The van der Waals surface area contributed by atoms with Crippen molar-refractivity contribution in [3.63, 3.8) is 0 Å². The summed E-state index contributed by atoms with van der Waals surface area (Å²) in [7, 11) is 0. The van der Waals surface area contributed by atoms with E-state index in [2.05, 4.69) is 0 Å². The fourth-order valence-electron chi connectivity index (χ4n) is 2.16. The summed E-state index contributed by atoms with van der Waals surface area (Å²) in [6, 6.07) is 11.6. The average molecular weight is 323 g/mol. The highest BCUT2D eigenvalue weighted by Gasteiger charge is 2.26. The van der Waals surface area contributed by atoms with Gasteiger partial charge >= 0.3 is 0 Å². The van der Waals surface area contributed by atoms with E-state index in [0.29, 0.717) is 16.3 Å². The molecule has 108 valence electrons. The van der Waals surface area contributed by atoms with Crippen LogP contribution in [0.1, 0.15) is 5.56 Å². The largest absolute Gasteiger partial charge is 0.481 e. The second-order valence-electron chi connectivity index (χ2n) is 4.74. The van der Waals surface area contributed by atoms with Crippen LogP contribution in [0.3, 0.4) is 0 Å². The number of thioether (sulfide) groups is 1. The molecule has 1 heterocycles. The molecule has 0 spiro atoms. The third-order valence-electron chi connectivity index (χ3n) is 3.24. The number of Topliss-reactive ketones (excluding diaryl/α,β-unsaturated/α-hetero) is 1. The van der Waals surface area contributed by atoms with E-state index in [1.807, 2.05) is 24.3 Å². The molecule has 5 heteroatoms. The third-order valence-corrected chi connectivity index (χ3v) is 4.73. The highest BCUT2D eigenvalue weighted by Crippen LogP contribution is 2.35. The lowest BCUT2D eigenvalue weighted by molar-refractivity contribution is -0.124. The molecule has 3 rings (SSSR count). The Morgan fingerprint density at radius 2 is 2.14 bits per heavy atom. The highest BCUT2D eigenvalue weighted by atomic mass is 35.5. The van der Waals surface area contributed by atoms with Gasteiger partial charge in [-0.05, 0) is 35.9 Å². The first-order chi connectivity index (χ1) is 10.1. The normalized spacial score (nSPS) is 17.0. The Labute approximate surface area is 131 Å². The summed E-state index contributed by atoms with van der Waals surface area (Å²) < 4.78 is 19.0. The van der Waals surface area contributed by atoms with Gasteiger partial charge in [0.2, 0.25) is 0 Å². The van der Waals surface area contributed by atoms with Crippen LogP contribution in [-0.2, 0) is 11.2 Å². The van der Waals surface area contributed by atoms with E-state index >= 15 is 0 Å². The molecule has 0 radical (unpaired) electrons. The first-order valence-electron chi connectivity index (χ1n) is 6.48. The molecule has 0 N–H and O–H groups in total. The van der Waals surface area contributed by atoms with Crippen molar-refractivity contribution in [1.82, 2.24) is 0 Å². The number of hydrogen-bond donors (Lipinski definition) is 0. The van der Waals surface area contributed by atoms with E-state index in [9.17, 15) is 9.18 Å². The first-order valence-corrected chi connectivity index (χ1v) is 7.85. The van der Waals surface area contributed by atoms with Crippen molar-refractivity contribution < 1.29 is 13.9 Å². The van der Waals surface area contributed by atoms with Crippen molar-refractivity contribution >= 4 is 29.1 Å². The Kier molecular flexibility index (Phi) is 4.17. The van der Waals surface area contributed by atoms with Gasteiger partial charge in [0, 0.05) is 22.1 Å². The molecule has 0 saturated carbocycles. The maximum absolute atomic E-state index is 13.2. The van der Waals surface area contributed by atoms with Crippen LogP contribution < -0.4 is 4.74 Å². The van der Waals surface area contributed by atoms with Crippen molar-refractivity contribution in [2.75, 3.05) is 5.75 Å². The van der Waals surface area contributed by atoms with Gasteiger partial charge in [0.05, 0.1) is 0 Å². The quantitative estimate of drug-likeness (QED) is 0.849. The standard InChI is InChI=1S/C16H12ClFO2S/c17-12-6-5-11(18)7-10(12)8-13(19)15-9-21-16-4-2-1-3-14(16)20-15/h1-7,15H,8-9H2. The van der Waals surface area contributed by atoms with Crippen molar-refractivity contribution in [3.05, 3.63) is 58.9 Å². The van der Waals surface area contributed by atoms with Crippen LogP contribution in [0.15, 0.2) is 47.4 Å². The number of carbonyl (C=O) groups excluding carboxylic acids is 1. The fraction of sp³-hybridized carbons (Fsp3) is 0.188. The minimum atomic E-state index is -0.524. The van der Waals surface area contributed by atoms with Crippen LogP contribution in [-0.4, -0.2) is 17.6 Å². The van der Waals surface area contributed by atoms with Gasteiger partial charge in [-0.2, -0.15) is 0 Å². The topological polar surface area (TPSA) is 26.3 Å². The summed E-state index contributed by atoms with van der Waals surface area (Å²) in [4.78, 5) is 13.4. The van der Waals surface area contributed by atoms with Gasteiger partial charge in [-0.15, -0.1) is 11.8 Å². The van der Waals surface area contributed by atoms with E-state index in [4.69, 9.17) is 16.3 Å². The van der Waals surface area contributed by atoms with Crippen molar-refractivity contribution in [2.45, 2.75) is 17.4 Å². The van der Waals surface area contributed by atoms with Gasteiger partial charge < -0.3 is 4.74 Å². The van der Waals surface area contributed by atoms with Gasteiger partial charge in [0.1, 0.15) is 11.6 Å². The van der Waals surface area contributed by atoms with E-state index in [1.54, 1.807) is 11.8 Å². The molecule has 0 aromatic heterocycles. The predicted octanol–water partition coefficient (Wildman–Crippen LogP) is 4.14. The Morgan fingerprint density at radius 1 is 1.33 bits per heavy atom. The second-order valence-corrected chi connectivity index (χ2v) is 6.21. The average Bonchev–Trinajstić information content (AvgIpc) is 2.50. The van der Waals surface area contributed by atoms with E-state index in [-0.39, 0.29) is 12.2 Å². The zero-order valence-electron chi connectivity index (χ0n) is 11.0. The van der Waals surface area contributed by atoms with Gasteiger partial charge in [-0.1, -0.05) is 23.7 Å². The Bertz CT molecular complexity index is 690. The predicted molar refractivity (Wildman–Crippen MR) is 81.7 cm³/mol. The molecule has 0 amide bonds. The number of benzene rings is 2. The Balaban J connectivity index is 1.74. The Hall–Kier alpha value is -1.52. The molecule has 2 aromatic rings. The van der Waals surface area contributed by atoms with Crippen molar-refractivity contribution in [2.24, 2.45) is 0 Å². The lowest BCUT2D eigenvalue weighted by Gasteiger charge is -2.24.